The molecule has 1 rings (SSSR count). The monoisotopic (exact) mass is 301 g/mol. The molecule has 8 heteroatoms. The van der Waals surface area contributed by atoms with Crippen molar-refractivity contribution in [1.82, 2.24) is 4.72 Å². The maximum atomic E-state index is 12.1. The molecule has 7 nitrogen and oxygen atoms in total. The van der Waals surface area contributed by atoms with Crippen LogP contribution in [0.15, 0.2) is 23.1 Å². The molecule has 20 heavy (non-hydrogen) atoms. The average molecular weight is 301 g/mol. The van der Waals surface area contributed by atoms with Crippen LogP contribution in [0.5, 0.6) is 0 Å². The van der Waals surface area contributed by atoms with E-state index >= 15 is 0 Å². The first-order chi connectivity index (χ1) is 9.13. The number of rotatable bonds is 6. The smallest absolute Gasteiger partial charge is 0.322 e. The molecule has 0 saturated heterocycles. The molecular formula is C12H15NO6S. The van der Waals surface area contributed by atoms with Gasteiger partial charge in [0.15, 0.2) is 0 Å². The minimum atomic E-state index is -4.09. The van der Waals surface area contributed by atoms with Crippen LogP contribution in [0.2, 0.25) is 0 Å². The van der Waals surface area contributed by atoms with Crippen molar-refractivity contribution >= 4 is 22.0 Å². The molecule has 0 radical (unpaired) electrons. The standard InChI is InChI=1S/C12H15NO6S/c1-7-3-4-10(8(2)5-7)20(18,19)13-9(12(16)17)6-11(14)15/h3-5,9,13H,6H2,1-2H3,(H,14,15)(H,16,17)/t9-/m0/s1. The number of aliphatic carboxylic acids is 2. The van der Waals surface area contributed by atoms with E-state index in [-0.39, 0.29) is 4.90 Å². The van der Waals surface area contributed by atoms with Gasteiger partial charge in [0, 0.05) is 0 Å². The van der Waals surface area contributed by atoms with Gasteiger partial charge in [0.2, 0.25) is 10.0 Å². The highest BCUT2D eigenvalue weighted by Gasteiger charge is 2.28. The molecule has 0 saturated carbocycles. The third-order valence-electron chi connectivity index (χ3n) is 2.59. The first-order valence-corrected chi connectivity index (χ1v) is 7.16. The molecule has 1 aromatic carbocycles. The van der Waals surface area contributed by atoms with Crippen molar-refractivity contribution < 1.29 is 28.2 Å². The maximum Gasteiger partial charge on any atom is 0.322 e. The van der Waals surface area contributed by atoms with E-state index < -0.39 is 34.4 Å². The topological polar surface area (TPSA) is 121 Å². The number of hydrogen-bond acceptors (Lipinski definition) is 4. The van der Waals surface area contributed by atoms with Crippen LogP contribution < -0.4 is 4.72 Å². The van der Waals surface area contributed by atoms with Crippen LogP contribution in [-0.4, -0.2) is 36.6 Å². The number of carboxylic acid groups (broad SMARTS) is 2. The molecule has 0 aromatic heterocycles. The minimum Gasteiger partial charge on any atom is -0.481 e. The number of carboxylic acids is 2. The first-order valence-electron chi connectivity index (χ1n) is 5.67. The molecule has 1 aromatic rings. The second-order valence-electron chi connectivity index (χ2n) is 4.38. The summed E-state index contributed by atoms with van der Waals surface area (Å²) < 4.78 is 26.1. The second kappa shape index (κ2) is 6.02. The van der Waals surface area contributed by atoms with E-state index in [0.717, 1.165) is 5.56 Å². The number of hydrogen-bond donors (Lipinski definition) is 3. The molecule has 110 valence electrons. The summed E-state index contributed by atoms with van der Waals surface area (Å²) in [7, 11) is -4.09. The molecule has 1 atom stereocenters. The van der Waals surface area contributed by atoms with Crippen LogP contribution in [0.1, 0.15) is 17.5 Å². The van der Waals surface area contributed by atoms with Gasteiger partial charge in [-0.3, -0.25) is 9.59 Å². The van der Waals surface area contributed by atoms with Crippen LogP contribution in [0.3, 0.4) is 0 Å². The Morgan fingerprint density at radius 3 is 2.30 bits per heavy atom. The van der Waals surface area contributed by atoms with Crippen molar-refractivity contribution in [2.45, 2.75) is 31.2 Å². The summed E-state index contributed by atoms with van der Waals surface area (Å²) in [4.78, 5) is 21.4. The lowest BCUT2D eigenvalue weighted by Crippen LogP contribution is -2.42. The van der Waals surface area contributed by atoms with E-state index in [1.54, 1.807) is 26.0 Å². The number of benzene rings is 1. The molecule has 0 bridgehead atoms. The summed E-state index contributed by atoms with van der Waals surface area (Å²) >= 11 is 0. The zero-order valence-electron chi connectivity index (χ0n) is 11.0. The van der Waals surface area contributed by atoms with Crippen molar-refractivity contribution in [3.8, 4) is 0 Å². The first kappa shape index (κ1) is 16.1. The van der Waals surface area contributed by atoms with Crippen molar-refractivity contribution in [3.05, 3.63) is 29.3 Å². The fourth-order valence-electron chi connectivity index (χ4n) is 1.71. The highest BCUT2D eigenvalue weighted by molar-refractivity contribution is 7.89. The van der Waals surface area contributed by atoms with Gasteiger partial charge in [-0.25, -0.2) is 8.42 Å². The predicted molar refractivity (Wildman–Crippen MR) is 69.9 cm³/mol. The number of nitrogens with one attached hydrogen (secondary N) is 1. The average Bonchev–Trinajstić information content (AvgIpc) is 2.26. The Morgan fingerprint density at radius 1 is 1.25 bits per heavy atom. The molecule has 0 heterocycles. The summed E-state index contributed by atoms with van der Waals surface area (Å²) in [6.45, 7) is 3.37. The minimum absolute atomic E-state index is 0.0697. The second-order valence-corrected chi connectivity index (χ2v) is 6.06. The van der Waals surface area contributed by atoms with E-state index in [0.29, 0.717) is 5.56 Å². The third kappa shape index (κ3) is 4.04. The highest BCUT2D eigenvalue weighted by Crippen LogP contribution is 2.17. The van der Waals surface area contributed by atoms with E-state index in [4.69, 9.17) is 10.2 Å². The summed E-state index contributed by atoms with van der Waals surface area (Å²) in [5, 5.41) is 17.4. The van der Waals surface area contributed by atoms with Crippen molar-refractivity contribution in [2.75, 3.05) is 0 Å². The Balaban J connectivity index is 3.09. The van der Waals surface area contributed by atoms with Crippen LogP contribution in [-0.2, 0) is 19.6 Å². The van der Waals surface area contributed by atoms with E-state index in [1.807, 2.05) is 4.72 Å². The van der Waals surface area contributed by atoms with Crippen LogP contribution in [0.25, 0.3) is 0 Å². The van der Waals surface area contributed by atoms with Gasteiger partial charge in [0.05, 0.1) is 11.3 Å². The lowest BCUT2D eigenvalue weighted by atomic mass is 10.2. The summed E-state index contributed by atoms with van der Waals surface area (Å²) in [6, 6.07) is 2.86. The quantitative estimate of drug-likeness (QED) is 0.704. The van der Waals surface area contributed by atoms with Crippen molar-refractivity contribution in [3.63, 3.8) is 0 Å². The van der Waals surface area contributed by atoms with E-state index in [9.17, 15) is 18.0 Å². The molecule has 0 aliphatic heterocycles. The van der Waals surface area contributed by atoms with Gasteiger partial charge in [0.25, 0.3) is 0 Å². The predicted octanol–water partition coefficient (Wildman–Crippen LogP) is 0.510. The van der Waals surface area contributed by atoms with Crippen LogP contribution in [0, 0.1) is 13.8 Å². The molecule has 0 aliphatic carbocycles. The Hall–Kier alpha value is -1.93. The van der Waals surface area contributed by atoms with E-state index in [2.05, 4.69) is 0 Å². The third-order valence-corrected chi connectivity index (χ3v) is 4.23. The SMILES string of the molecule is Cc1ccc(S(=O)(=O)N[C@@H](CC(=O)O)C(=O)O)c(C)c1. The van der Waals surface area contributed by atoms with Gasteiger partial charge in [-0.15, -0.1) is 0 Å². The fourth-order valence-corrected chi connectivity index (χ4v) is 3.12. The molecule has 0 unspecified atom stereocenters. The summed E-state index contributed by atoms with van der Waals surface area (Å²) in [6.07, 6.45) is -0.834. The summed E-state index contributed by atoms with van der Waals surface area (Å²) in [5.74, 6) is -2.94. The molecule has 3 N–H and O–H groups in total. The largest absolute Gasteiger partial charge is 0.481 e. The zero-order valence-corrected chi connectivity index (χ0v) is 11.8. The maximum absolute atomic E-state index is 12.1. The van der Waals surface area contributed by atoms with Gasteiger partial charge in [-0.05, 0) is 25.5 Å². The zero-order chi connectivity index (χ0) is 15.5. The van der Waals surface area contributed by atoms with Crippen LogP contribution >= 0.6 is 0 Å². The summed E-state index contributed by atoms with van der Waals surface area (Å²) in [5.41, 5.74) is 1.32. The molecule has 0 fully saturated rings. The normalized spacial score (nSPS) is 12.9. The van der Waals surface area contributed by atoms with Gasteiger partial charge < -0.3 is 10.2 Å². The van der Waals surface area contributed by atoms with Gasteiger partial charge in [0.1, 0.15) is 6.04 Å². The van der Waals surface area contributed by atoms with Gasteiger partial charge in [-0.1, -0.05) is 17.7 Å². The van der Waals surface area contributed by atoms with Crippen LogP contribution in [0.4, 0.5) is 0 Å². The molecule has 0 aliphatic rings. The van der Waals surface area contributed by atoms with E-state index in [1.165, 1.54) is 6.07 Å². The molecule has 0 spiro atoms. The fraction of sp³-hybridized carbons (Fsp3) is 0.333. The van der Waals surface area contributed by atoms with Gasteiger partial charge >= 0.3 is 11.9 Å². The Bertz CT molecular complexity index is 637. The lowest BCUT2D eigenvalue weighted by molar-refractivity contribution is -0.145. The number of sulfonamides is 1. The number of carbonyl (C=O) groups is 2. The van der Waals surface area contributed by atoms with Crippen molar-refractivity contribution in [2.24, 2.45) is 0 Å². The Kier molecular flexibility index (Phi) is 4.85. The Labute approximate surface area is 116 Å². The molecular weight excluding hydrogens is 286 g/mol. The van der Waals surface area contributed by atoms with Crippen molar-refractivity contribution in [1.29, 1.82) is 0 Å². The van der Waals surface area contributed by atoms with Gasteiger partial charge in [-0.2, -0.15) is 4.72 Å². The lowest BCUT2D eigenvalue weighted by Gasteiger charge is -2.14. The highest BCUT2D eigenvalue weighted by atomic mass is 32.2. The number of aryl methyl sites for hydroxylation is 2. The Morgan fingerprint density at radius 2 is 1.85 bits per heavy atom. The molecule has 0 amide bonds.